The van der Waals surface area contributed by atoms with Crippen LogP contribution in [0.3, 0.4) is 0 Å². The molecule has 16 heavy (non-hydrogen) atoms. The van der Waals surface area contributed by atoms with E-state index >= 15 is 0 Å². The minimum Gasteiger partial charge on any atom is -0.481 e. The topological polar surface area (TPSA) is 37.3 Å². The summed E-state index contributed by atoms with van der Waals surface area (Å²) in [6, 6.07) is 6.09. The Hall–Kier alpha value is -1.03. The van der Waals surface area contributed by atoms with Gasteiger partial charge in [-0.05, 0) is 30.9 Å². The molecule has 4 heteroatoms. The molecule has 1 rings (SSSR count). The summed E-state index contributed by atoms with van der Waals surface area (Å²) in [7, 11) is 0. The second-order valence-electron chi connectivity index (χ2n) is 3.55. The molecule has 0 fully saturated rings. The van der Waals surface area contributed by atoms with E-state index in [0.29, 0.717) is 6.42 Å². The van der Waals surface area contributed by atoms with Crippen LogP contribution in [0.1, 0.15) is 24.3 Å². The van der Waals surface area contributed by atoms with Gasteiger partial charge in [-0.1, -0.05) is 18.2 Å². The van der Waals surface area contributed by atoms with Crippen LogP contribution in [0.5, 0.6) is 0 Å². The molecule has 0 aliphatic heterocycles. The van der Waals surface area contributed by atoms with Crippen LogP contribution in [0.25, 0.3) is 0 Å². The van der Waals surface area contributed by atoms with E-state index < -0.39 is 17.7 Å². The summed E-state index contributed by atoms with van der Waals surface area (Å²) in [5.74, 6) is -1.21. The van der Waals surface area contributed by atoms with E-state index in [1.165, 1.54) is 6.07 Å². The molecule has 0 bridgehead atoms. The number of hydrogen-bond donors (Lipinski definition) is 1. The fraction of sp³-hybridized carbons (Fsp3) is 0.417. The molecule has 0 radical (unpaired) electrons. The molecule has 1 unspecified atom stereocenters. The van der Waals surface area contributed by atoms with Gasteiger partial charge in [-0.15, -0.1) is 0 Å². The average Bonchev–Trinajstić information content (AvgIpc) is 2.25. The van der Waals surface area contributed by atoms with E-state index in [9.17, 15) is 9.18 Å². The van der Waals surface area contributed by atoms with Gasteiger partial charge in [-0.2, -0.15) is 11.8 Å². The fourth-order valence-corrected chi connectivity index (χ4v) is 2.06. The van der Waals surface area contributed by atoms with Crippen molar-refractivity contribution in [2.75, 3.05) is 12.0 Å². The molecule has 0 spiro atoms. The number of carboxylic acid groups (broad SMARTS) is 1. The molecule has 0 saturated heterocycles. The van der Waals surface area contributed by atoms with Crippen molar-refractivity contribution in [3.63, 3.8) is 0 Å². The molecule has 1 aromatic rings. The maximum atomic E-state index is 13.4. The van der Waals surface area contributed by atoms with Crippen LogP contribution < -0.4 is 0 Å². The van der Waals surface area contributed by atoms with Gasteiger partial charge < -0.3 is 5.11 Å². The number of aliphatic carboxylic acids is 1. The molecular formula is C12H15FO2S. The predicted octanol–water partition coefficient (Wildman–Crippen LogP) is 3.14. The second-order valence-corrected chi connectivity index (χ2v) is 4.53. The molecule has 88 valence electrons. The molecule has 2 nitrogen and oxygen atoms in total. The van der Waals surface area contributed by atoms with E-state index in [2.05, 4.69) is 0 Å². The van der Waals surface area contributed by atoms with Gasteiger partial charge in [0.15, 0.2) is 0 Å². The van der Waals surface area contributed by atoms with Gasteiger partial charge in [0.2, 0.25) is 0 Å². The summed E-state index contributed by atoms with van der Waals surface area (Å²) in [5, 5.41) is 9.08. The Balaban J connectivity index is 2.78. The maximum Gasteiger partial charge on any atom is 0.311 e. The predicted molar refractivity (Wildman–Crippen MR) is 64.4 cm³/mol. The van der Waals surface area contributed by atoms with Crippen molar-refractivity contribution in [3.05, 3.63) is 35.6 Å². The summed E-state index contributed by atoms with van der Waals surface area (Å²) in [6.45, 7) is 0. The Morgan fingerprint density at radius 3 is 2.75 bits per heavy atom. The summed E-state index contributed by atoms with van der Waals surface area (Å²) in [5.41, 5.74) is 0.288. The number of carbonyl (C=O) groups is 1. The van der Waals surface area contributed by atoms with Crippen LogP contribution in [0.15, 0.2) is 24.3 Å². The minimum atomic E-state index is -0.953. The third-order valence-corrected chi connectivity index (χ3v) is 3.12. The van der Waals surface area contributed by atoms with E-state index in [-0.39, 0.29) is 5.56 Å². The third kappa shape index (κ3) is 3.52. The molecule has 0 heterocycles. The Morgan fingerprint density at radius 2 is 2.19 bits per heavy atom. The van der Waals surface area contributed by atoms with Crippen molar-refractivity contribution < 1.29 is 14.3 Å². The Kier molecular flexibility index (Phi) is 5.32. The number of benzene rings is 1. The molecule has 0 aliphatic carbocycles. The highest BCUT2D eigenvalue weighted by molar-refractivity contribution is 7.98. The molecule has 1 N–H and O–H groups in total. The van der Waals surface area contributed by atoms with Gasteiger partial charge in [0, 0.05) is 5.56 Å². The molecule has 0 amide bonds. The third-order valence-electron chi connectivity index (χ3n) is 2.42. The zero-order valence-corrected chi connectivity index (χ0v) is 9.97. The van der Waals surface area contributed by atoms with Crippen LogP contribution >= 0.6 is 11.8 Å². The van der Waals surface area contributed by atoms with Crippen LogP contribution in [0.2, 0.25) is 0 Å². The highest BCUT2D eigenvalue weighted by Gasteiger charge is 2.21. The number of rotatable bonds is 6. The minimum absolute atomic E-state index is 0.288. The Bertz CT molecular complexity index is 355. The summed E-state index contributed by atoms with van der Waals surface area (Å²) >= 11 is 1.67. The monoisotopic (exact) mass is 242 g/mol. The quantitative estimate of drug-likeness (QED) is 0.779. The van der Waals surface area contributed by atoms with E-state index in [1.807, 2.05) is 6.26 Å². The van der Waals surface area contributed by atoms with Crippen molar-refractivity contribution in [3.8, 4) is 0 Å². The van der Waals surface area contributed by atoms with Crippen molar-refractivity contribution in [1.82, 2.24) is 0 Å². The lowest BCUT2D eigenvalue weighted by Gasteiger charge is -2.12. The molecule has 1 aromatic carbocycles. The van der Waals surface area contributed by atoms with Crippen LogP contribution in [-0.2, 0) is 4.79 Å². The highest BCUT2D eigenvalue weighted by Crippen LogP contribution is 2.24. The van der Waals surface area contributed by atoms with Crippen molar-refractivity contribution >= 4 is 17.7 Å². The van der Waals surface area contributed by atoms with Gasteiger partial charge in [-0.25, -0.2) is 4.39 Å². The summed E-state index contributed by atoms with van der Waals surface area (Å²) in [4.78, 5) is 11.1. The normalized spacial score (nSPS) is 12.4. The van der Waals surface area contributed by atoms with E-state index in [1.54, 1.807) is 30.0 Å². The SMILES string of the molecule is CSCCCC(C(=O)O)c1ccccc1F. The molecular weight excluding hydrogens is 227 g/mol. The van der Waals surface area contributed by atoms with Gasteiger partial charge in [0.25, 0.3) is 0 Å². The lowest BCUT2D eigenvalue weighted by molar-refractivity contribution is -0.139. The lowest BCUT2D eigenvalue weighted by Crippen LogP contribution is -2.13. The number of hydrogen-bond acceptors (Lipinski definition) is 2. The average molecular weight is 242 g/mol. The van der Waals surface area contributed by atoms with Gasteiger partial charge >= 0.3 is 5.97 Å². The van der Waals surface area contributed by atoms with Crippen molar-refractivity contribution in [1.29, 1.82) is 0 Å². The largest absolute Gasteiger partial charge is 0.481 e. The van der Waals surface area contributed by atoms with Crippen LogP contribution in [0.4, 0.5) is 4.39 Å². The maximum absolute atomic E-state index is 13.4. The van der Waals surface area contributed by atoms with Crippen LogP contribution in [0, 0.1) is 5.82 Å². The first-order valence-electron chi connectivity index (χ1n) is 5.13. The van der Waals surface area contributed by atoms with E-state index in [0.717, 1.165) is 12.2 Å². The molecule has 0 aromatic heterocycles. The second kappa shape index (κ2) is 6.53. The first-order chi connectivity index (χ1) is 7.66. The number of carboxylic acids is 1. The van der Waals surface area contributed by atoms with Crippen LogP contribution in [-0.4, -0.2) is 23.1 Å². The van der Waals surface area contributed by atoms with Gasteiger partial charge in [-0.3, -0.25) is 4.79 Å². The highest BCUT2D eigenvalue weighted by atomic mass is 32.2. The molecule has 0 aliphatic rings. The van der Waals surface area contributed by atoms with Crippen molar-refractivity contribution in [2.24, 2.45) is 0 Å². The first kappa shape index (κ1) is 13.0. The number of thioether (sulfide) groups is 1. The Morgan fingerprint density at radius 1 is 1.50 bits per heavy atom. The zero-order valence-electron chi connectivity index (χ0n) is 9.15. The summed E-state index contributed by atoms with van der Waals surface area (Å²) < 4.78 is 13.4. The Labute approximate surface area is 98.9 Å². The summed E-state index contributed by atoms with van der Waals surface area (Å²) in [6.07, 6.45) is 3.24. The van der Waals surface area contributed by atoms with Gasteiger partial charge in [0.05, 0.1) is 5.92 Å². The molecule has 1 atom stereocenters. The van der Waals surface area contributed by atoms with Crippen molar-refractivity contribution in [2.45, 2.75) is 18.8 Å². The standard InChI is InChI=1S/C12H15FO2S/c1-16-8-4-6-10(12(14)15)9-5-2-3-7-11(9)13/h2-3,5,7,10H,4,6,8H2,1H3,(H,14,15). The number of halogens is 1. The molecule has 0 saturated carbocycles. The van der Waals surface area contributed by atoms with Gasteiger partial charge in [0.1, 0.15) is 5.82 Å². The zero-order chi connectivity index (χ0) is 12.0. The lowest BCUT2D eigenvalue weighted by atomic mass is 9.94. The fourth-order valence-electron chi connectivity index (χ4n) is 1.60. The smallest absolute Gasteiger partial charge is 0.311 e. The first-order valence-corrected chi connectivity index (χ1v) is 6.52. The van der Waals surface area contributed by atoms with E-state index in [4.69, 9.17) is 5.11 Å².